The molecular formula is C29H37ClF2N6. The van der Waals surface area contributed by atoms with Gasteiger partial charge < -0.3 is 21.7 Å². The van der Waals surface area contributed by atoms with Gasteiger partial charge in [0.15, 0.2) is 5.82 Å². The fourth-order valence-electron chi connectivity index (χ4n) is 6.68. The van der Waals surface area contributed by atoms with E-state index in [1.165, 1.54) is 31.4 Å². The van der Waals surface area contributed by atoms with E-state index in [1.54, 1.807) is 6.07 Å². The highest BCUT2D eigenvalue weighted by atomic mass is 35.5. The van der Waals surface area contributed by atoms with Gasteiger partial charge in [0.1, 0.15) is 17.5 Å². The van der Waals surface area contributed by atoms with E-state index in [2.05, 4.69) is 39.6 Å². The molecule has 5 N–H and O–H groups in total. The summed E-state index contributed by atoms with van der Waals surface area (Å²) < 4.78 is 29.7. The van der Waals surface area contributed by atoms with Crippen LogP contribution in [0.15, 0.2) is 29.3 Å². The normalized spacial score (nSPS) is 26.7. The standard InChI is InChI=1S/C29H37ClF2N6/c1-17-3-4-22-19(5-9-29(17,22)33)8-12-36-26-15-23(30)27(38-28(26)34-2)37-16-21-24(31)13-20(14-25(21)32)18-6-10-35-11-7-18/h6,13-15,17,19,22,35-36H,2-5,7-12,16,33H2,1H3,(H,37,38)/t17?,19?,22-,29+/m1/s1. The Labute approximate surface area is 228 Å². The van der Waals surface area contributed by atoms with Crippen molar-refractivity contribution < 1.29 is 8.78 Å². The molecule has 0 radical (unpaired) electrons. The van der Waals surface area contributed by atoms with Crippen molar-refractivity contribution in [2.75, 3.05) is 30.3 Å². The first-order valence-corrected chi connectivity index (χ1v) is 14.0. The van der Waals surface area contributed by atoms with Crippen LogP contribution >= 0.6 is 11.6 Å². The van der Waals surface area contributed by atoms with Crippen molar-refractivity contribution in [3.05, 3.63) is 52.1 Å². The minimum Gasteiger partial charge on any atom is -0.382 e. The van der Waals surface area contributed by atoms with E-state index in [0.29, 0.717) is 52.2 Å². The molecule has 0 saturated heterocycles. The first-order chi connectivity index (χ1) is 18.3. The van der Waals surface area contributed by atoms with Crippen molar-refractivity contribution in [3.8, 4) is 0 Å². The second-order valence-corrected chi connectivity index (χ2v) is 11.4. The number of halogens is 3. The largest absolute Gasteiger partial charge is 0.382 e. The molecule has 9 heteroatoms. The Bertz CT molecular complexity index is 1210. The number of nitrogens with zero attached hydrogens (tertiary/aromatic N) is 2. The smallest absolute Gasteiger partial charge is 0.177 e. The number of hydrogen-bond donors (Lipinski definition) is 4. The molecule has 2 unspecified atom stereocenters. The number of anilines is 2. The van der Waals surface area contributed by atoms with Crippen LogP contribution in [0.4, 0.5) is 26.1 Å². The van der Waals surface area contributed by atoms with Crippen LogP contribution in [-0.4, -0.2) is 36.9 Å². The number of hydrogen-bond acceptors (Lipinski definition) is 6. The molecule has 38 heavy (non-hydrogen) atoms. The topological polar surface area (TPSA) is 87.4 Å². The summed E-state index contributed by atoms with van der Waals surface area (Å²) in [5, 5.41) is 9.92. The molecule has 3 aliphatic rings. The molecule has 4 atom stereocenters. The van der Waals surface area contributed by atoms with Crippen LogP contribution in [0.3, 0.4) is 0 Å². The first kappa shape index (κ1) is 27.0. The Morgan fingerprint density at radius 2 is 2.00 bits per heavy atom. The molecule has 2 heterocycles. The van der Waals surface area contributed by atoms with E-state index >= 15 is 0 Å². The van der Waals surface area contributed by atoms with Crippen LogP contribution in [0.2, 0.25) is 5.02 Å². The van der Waals surface area contributed by atoms with E-state index in [1.807, 2.05) is 6.08 Å². The van der Waals surface area contributed by atoms with Gasteiger partial charge in [0.25, 0.3) is 0 Å². The number of nitrogens with two attached hydrogens (primary N) is 1. The van der Waals surface area contributed by atoms with Gasteiger partial charge in [0.2, 0.25) is 0 Å². The molecule has 6 nitrogen and oxygen atoms in total. The molecule has 5 rings (SSSR count). The average molecular weight is 543 g/mol. The third kappa shape index (κ3) is 5.31. The minimum absolute atomic E-state index is 0.000580. The third-order valence-electron chi connectivity index (χ3n) is 8.98. The van der Waals surface area contributed by atoms with E-state index in [0.717, 1.165) is 37.9 Å². The highest BCUT2D eigenvalue weighted by Gasteiger charge is 2.52. The third-order valence-corrected chi connectivity index (χ3v) is 9.27. The van der Waals surface area contributed by atoms with Gasteiger partial charge in [-0.3, -0.25) is 0 Å². The van der Waals surface area contributed by atoms with Crippen molar-refractivity contribution in [1.82, 2.24) is 10.3 Å². The van der Waals surface area contributed by atoms with Crippen LogP contribution in [0.25, 0.3) is 5.57 Å². The van der Waals surface area contributed by atoms with E-state index in [-0.39, 0.29) is 17.6 Å². The van der Waals surface area contributed by atoms with E-state index < -0.39 is 11.6 Å². The molecule has 2 aromatic rings. The lowest BCUT2D eigenvalue weighted by molar-refractivity contribution is 0.263. The molecule has 1 aliphatic heterocycles. The summed E-state index contributed by atoms with van der Waals surface area (Å²) in [4.78, 5) is 8.51. The average Bonchev–Trinajstić information content (AvgIpc) is 3.39. The van der Waals surface area contributed by atoms with Gasteiger partial charge in [-0.15, -0.1) is 0 Å². The molecule has 0 amide bonds. The Morgan fingerprint density at radius 1 is 1.21 bits per heavy atom. The van der Waals surface area contributed by atoms with E-state index in [9.17, 15) is 8.78 Å². The van der Waals surface area contributed by atoms with Gasteiger partial charge >= 0.3 is 0 Å². The molecule has 1 aromatic heterocycles. The molecule has 204 valence electrons. The summed E-state index contributed by atoms with van der Waals surface area (Å²) in [6.45, 7) is 8.08. The van der Waals surface area contributed by atoms with Crippen LogP contribution in [0, 0.1) is 29.4 Å². The molecule has 2 saturated carbocycles. The lowest BCUT2D eigenvalue weighted by atomic mass is 9.82. The number of benzene rings is 1. The number of aliphatic imine (C=N–C) groups is 1. The van der Waals surface area contributed by atoms with Gasteiger partial charge in [-0.2, -0.15) is 0 Å². The minimum atomic E-state index is -0.603. The number of fused-ring (bicyclic) bond motifs is 1. The number of aromatic nitrogens is 1. The maximum atomic E-state index is 14.9. The molecule has 0 bridgehead atoms. The predicted molar refractivity (Wildman–Crippen MR) is 152 cm³/mol. The van der Waals surface area contributed by atoms with Gasteiger partial charge in [0.05, 0.1) is 10.7 Å². The van der Waals surface area contributed by atoms with Crippen LogP contribution in [0.1, 0.15) is 56.6 Å². The second kappa shape index (κ2) is 11.3. The van der Waals surface area contributed by atoms with Crippen molar-refractivity contribution >= 4 is 41.2 Å². The zero-order valence-electron chi connectivity index (χ0n) is 21.9. The van der Waals surface area contributed by atoms with Crippen molar-refractivity contribution in [1.29, 1.82) is 0 Å². The van der Waals surface area contributed by atoms with Crippen LogP contribution in [0.5, 0.6) is 0 Å². The number of pyridine rings is 1. The summed E-state index contributed by atoms with van der Waals surface area (Å²) in [7, 11) is 0. The van der Waals surface area contributed by atoms with Gasteiger partial charge in [-0.25, -0.2) is 18.8 Å². The van der Waals surface area contributed by atoms with Crippen LogP contribution in [-0.2, 0) is 6.54 Å². The lowest BCUT2D eigenvalue weighted by Gasteiger charge is -2.31. The van der Waals surface area contributed by atoms with Crippen LogP contribution < -0.4 is 21.7 Å². The summed E-state index contributed by atoms with van der Waals surface area (Å²) in [5.74, 6) is 1.28. The molecule has 1 aromatic carbocycles. The Balaban J connectivity index is 1.22. The maximum Gasteiger partial charge on any atom is 0.177 e. The van der Waals surface area contributed by atoms with Gasteiger partial charge in [-0.05, 0) is 98.9 Å². The first-order valence-electron chi connectivity index (χ1n) is 13.6. The van der Waals surface area contributed by atoms with Crippen molar-refractivity contribution in [2.45, 2.75) is 57.5 Å². The molecular weight excluding hydrogens is 506 g/mol. The monoisotopic (exact) mass is 542 g/mol. The summed E-state index contributed by atoms with van der Waals surface area (Å²) in [6.07, 6.45) is 8.44. The molecule has 2 fully saturated rings. The molecule has 2 aliphatic carbocycles. The summed E-state index contributed by atoms with van der Waals surface area (Å²) >= 11 is 6.50. The fourth-order valence-corrected chi connectivity index (χ4v) is 6.90. The zero-order valence-corrected chi connectivity index (χ0v) is 22.7. The predicted octanol–water partition coefficient (Wildman–Crippen LogP) is 6.29. The highest BCUT2D eigenvalue weighted by molar-refractivity contribution is 6.33. The fraction of sp³-hybridized carbons (Fsp3) is 0.517. The van der Waals surface area contributed by atoms with E-state index in [4.69, 9.17) is 17.3 Å². The summed E-state index contributed by atoms with van der Waals surface area (Å²) in [5.41, 5.74) is 8.91. The number of nitrogens with one attached hydrogen (secondary N) is 3. The highest BCUT2D eigenvalue weighted by Crippen LogP contribution is 2.53. The summed E-state index contributed by atoms with van der Waals surface area (Å²) in [6, 6.07) is 4.52. The van der Waals surface area contributed by atoms with Crippen molar-refractivity contribution in [3.63, 3.8) is 0 Å². The Hall–Kier alpha value is -2.55. The second-order valence-electron chi connectivity index (χ2n) is 11.0. The maximum absolute atomic E-state index is 14.9. The quantitative estimate of drug-likeness (QED) is 0.280. The Kier molecular flexibility index (Phi) is 8.03. The van der Waals surface area contributed by atoms with Gasteiger partial charge in [0, 0.05) is 30.7 Å². The lowest BCUT2D eigenvalue weighted by Crippen LogP contribution is -2.45. The van der Waals surface area contributed by atoms with Gasteiger partial charge in [-0.1, -0.05) is 24.6 Å². The molecule has 0 spiro atoms. The zero-order chi connectivity index (χ0) is 26.9. The number of rotatable bonds is 9. The SMILES string of the molecule is C=Nc1nc(NCc2c(F)cc(C3=CCNCC3)cc2F)c(Cl)cc1NCCC1CC[C@]2(N)C(C)CC[C@H]12. The van der Waals surface area contributed by atoms with Crippen molar-refractivity contribution in [2.24, 2.45) is 28.5 Å². The Morgan fingerprint density at radius 3 is 2.71 bits per heavy atom.